The maximum absolute atomic E-state index is 13.9. The fourth-order valence-electron chi connectivity index (χ4n) is 5.85. The lowest BCUT2D eigenvalue weighted by molar-refractivity contribution is -0.128. The molecule has 1 unspecified atom stereocenters. The smallest absolute Gasteiger partial charge is 0.319 e. The van der Waals surface area contributed by atoms with E-state index in [4.69, 9.17) is 0 Å². The summed E-state index contributed by atoms with van der Waals surface area (Å²) in [7, 11) is -2.35. The molecule has 0 aromatic heterocycles. The molecule has 1 heterocycles. The van der Waals surface area contributed by atoms with Crippen LogP contribution in [0.2, 0.25) is 16.6 Å². The molecular weight excluding hydrogens is 400 g/mol. The van der Waals surface area contributed by atoms with E-state index in [0.717, 1.165) is 11.1 Å². The number of carbonyl (C=O) groups is 2. The Hall–Kier alpha value is -2.40. The van der Waals surface area contributed by atoms with Crippen molar-refractivity contribution in [1.29, 1.82) is 0 Å². The Labute approximate surface area is 188 Å². The van der Waals surface area contributed by atoms with E-state index in [2.05, 4.69) is 58.2 Å². The van der Waals surface area contributed by atoms with Crippen molar-refractivity contribution in [2.75, 3.05) is 0 Å². The van der Waals surface area contributed by atoms with E-state index in [1.807, 2.05) is 48.5 Å². The second-order valence-corrected chi connectivity index (χ2v) is 15.3. The third-order valence-corrected chi connectivity index (χ3v) is 13.8. The maximum atomic E-state index is 13.9. The van der Waals surface area contributed by atoms with Crippen molar-refractivity contribution >= 4 is 20.2 Å². The Balaban J connectivity index is 2.09. The molecule has 4 nitrogen and oxygen atoms in total. The molecule has 1 atom stereocenters. The molecule has 166 valence electrons. The first-order chi connectivity index (χ1) is 14.7. The van der Waals surface area contributed by atoms with E-state index in [0.29, 0.717) is 29.6 Å². The molecule has 0 radical (unpaired) electrons. The predicted molar refractivity (Wildman–Crippen MR) is 129 cm³/mol. The van der Waals surface area contributed by atoms with Gasteiger partial charge in [-0.25, -0.2) is 4.79 Å². The number of amides is 3. The quantitative estimate of drug-likeness (QED) is 0.363. The number of nitrogens with zero attached hydrogens (tertiary/aromatic N) is 2. The van der Waals surface area contributed by atoms with Crippen LogP contribution < -0.4 is 0 Å². The van der Waals surface area contributed by atoms with Crippen LogP contribution in [0.4, 0.5) is 4.79 Å². The van der Waals surface area contributed by atoms with Crippen LogP contribution >= 0.6 is 0 Å². The number of imide groups is 1. The lowest BCUT2D eigenvalue weighted by atomic mass is 10.1. The molecule has 1 fully saturated rings. The van der Waals surface area contributed by atoms with Crippen LogP contribution in [-0.2, 0) is 17.8 Å². The van der Waals surface area contributed by atoms with Gasteiger partial charge in [0.15, 0.2) is 8.24 Å². The highest BCUT2D eigenvalue weighted by atomic mass is 28.3. The van der Waals surface area contributed by atoms with Crippen LogP contribution in [0.25, 0.3) is 0 Å². The van der Waals surface area contributed by atoms with Crippen molar-refractivity contribution in [2.24, 2.45) is 0 Å². The van der Waals surface area contributed by atoms with Crippen LogP contribution in [0.3, 0.4) is 0 Å². The van der Waals surface area contributed by atoms with Gasteiger partial charge in [-0.1, -0.05) is 102 Å². The van der Waals surface area contributed by atoms with Crippen LogP contribution in [0.15, 0.2) is 60.7 Å². The minimum absolute atomic E-state index is 0.0588. The zero-order valence-electron chi connectivity index (χ0n) is 19.7. The average molecular weight is 437 g/mol. The summed E-state index contributed by atoms with van der Waals surface area (Å²) in [6.07, 6.45) is 0.567. The van der Waals surface area contributed by atoms with Gasteiger partial charge in [0.05, 0.1) is 6.54 Å². The number of rotatable bonds is 8. The summed E-state index contributed by atoms with van der Waals surface area (Å²) in [5.74, 6) is -0.0588. The van der Waals surface area contributed by atoms with Gasteiger partial charge < -0.3 is 4.57 Å². The lowest BCUT2D eigenvalue weighted by Gasteiger charge is -2.50. The normalized spacial score (nSPS) is 17.5. The van der Waals surface area contributed by atoms with Crippen LogP contribution in [0.1, 0.15) is 52.7 Å². The number of carbonyl (C=O) groups excluding carboxylic acids is 2. The fourth-order valence-corrected chi connectivity index (χ4v) is 12.7. The van der Waals surface area contributed by atoms with E-state index in [1.165, 1.54) is 4.90 Å². The SMILES string of the molecule is CC(C)[Si](C(C)C)(C(C)C)N1C(=O)N(Cc2ccccc2)C(=O)C1Cc1ccccc1. The van der Waals surface area contributed by atoms with Crippen molar-refractivity contribution in [1.82, 2.24) is 9.47 Å². The molecule has 2 aromatic rings. The molecule has 0 aliphatic carbocycles. The fraction of sp³-hybridized carbons (Fsp3) is 0.462. The third kappa shape index (κ3) is 4.20. The first-order valence-corrected chi connectivity index (χ1v) is 13.6. The summed E-state index contributed by atoms with van der Waals surface area (Å²) in [4.78, 5) is 29.2. The van der Waals surface area contributed by atoms with Gasteiger partial charge in [-0.05, 0) is 27.8 Å². The molecular formula is C26H36N2O2Si. The first kappa shape index (κ1) is 23.3. The van der Waals surface area contributed by atoms with Crippen molar-refractivity contribution in [3.63, 3.8) is 0 Å². The van der Waals surface area contributed by atoms with Crippen LogP contribution in [0, 0.1) is 0 Å². The Morgan fingerprint density at radius 3 is 1.65 bits per heavy atom. The number of urea groups is 1. The van der Waals surface area contributed by atoms with E-state index in [-0.39, 0.29) is 11.9 Å². The van der Waals surface area contributed by atoms with E-state index >= 15 is 0 Å². The van der Waals surface area contributed by atoms with Gasteiger partial charge in [0, 0.05) is 6.42 Å². The molecule has 3 amide bonds. The monoisotopic (exact) mass is 436 g/mol. The molecule has 0 spiro atoms. The van der Waals surface area contributed by atoms with E-state index < -0.39 is 14.3 Å². The molecule has 2 aromatic carbocycles. The number of benzene rings is 2. The molecule has 1 aliphatic heterocycles. The minimum Gasteiger partial charge on any atom is -0.339 e. The van der Waals surface area contributed by atoms with E-state index in [9.17, 15) is 9.59 Å². The molecule has 0 N–H and O–H groups in total. The summed E-state index contributed by atoms with van der Waals surface area (Å²) in [6, 6.07) is 19.4. The van der Waals surface area contributed by atoms with Gasteiger partial charge in [-0.2, -0.15) is 0 Å². The lowest BCUT2D eigenvalue weighted by Crippen LogP contribution is -2.64. The topological polar surface area (TPSA) is 40.6 Å². The Morgan fingerprint density at radius 1 is 0.742 bits per heavy atom. The highest BCUT2D eigenvalue weighted by Crippen LogP contribution is 2.47. The van der Waals surface area contributed by atoms with Crippen molar-refractivity contribution < 1.29 is 9.59 Å². The third-order valence-electron chi connectivity index (χ3n) is 6.95. The summed E-state index contributed by atoms with van der Waals surface area (Å²) < 4.78 is 2.09. The second kappa shape index (κ2) is 9.39. The summed E-state index contributed by atoms with van der Waals surface area (Å²) in [5.41, 5.74) is 3.12. The standard InChI is InChI=1S/C26H36N2O2Si/c1-19(2)31(20(3)4,21(5)6)28-24(17-22-13-9-7-10-14-22)25(29)27(26(28)30)18-23-15-11-8-12-16-23/h7-16,19-21,24H,17-18H2,1-6H3. The van der Waals surface area contributed by atoms with Gasteiger partial charge in [0.1, 0.15) is 6.04 Å². The van der Waals surface area contributed by atoms with Gasteiger partial charge in [0.25, 0.3) is 5.91 Å². The zero-order chi connectivity index (χ0) is 22.8. The van der Waals surface area contributed by atoms with Gasteiger partial charge >= 0.3 is 6.03 Å². The summed E-state index contributed by atoms with van der Waals surface area (Å²) in [6.45, 7) is 13.8. The van der Waals surface area contributed by atoms with Crippen molar-refractivity contribution in [3.05, 3.63) is 71.8 Å². The van der Waals surface area contributed by atoms with E-state index in [1.54, 1.807) is 0 Å². The molecule has 0 saturated carbocycles. The van der Waals surface area contributed by atoms with Gasteiger partial charge in [-0.3, -0.25) is 9.69 Å². The first-order valence-electron chi connectivity index (χ1n) is 11.4. The van der Waals surface area contributed by atoms with Crippen LogP contribution in [-0.4, -0.2) is 35.7 Å². The molecule has 1 aliphatic rings. The average Bonchev–Trinajstić information content (AvgIpc) is 2.94. The number of hydrogen-bond donors (Lipinski definition) is 0. The Kier molecular flexibility index (Phi) is 7.05. The minimum atomic E-state index is -2.35. The van der Waals surface area contributed by atoms with Crippen molar-refractivity contribution in [3.8, 4) is 0 Å². The highest BCUT2D eigenvalue weighted by Gasteiger charge is 2.59. The molecule has 31 heavy (non-hydrogen) atoms. The number of hydrogen-bond acceptors (Lipinski definition) is 2. The maximum Gasteiger partial charge on any atom is 0.319 e. The predicted octanol–water partition coefficient (Wildman–Crippen LogP) is 6.24. The molecule has 0 bridgehead atoms. The van der Waals surface area contributed by atoms with Gasteiger partial charge in [0.2, 0.25) is 0 Å². The Morgan fingerprint density at radius 2 is 1.19 bits per heavy atom. The van der Waals surface area contributed by atoms with Crippen molar-refractivity contribution in [2.45, 2.75) is 77.2 Å². The second-order valence-electron chi connectivity index (χ2n) is 9.62. The largest absolute Gasteiger partial charge is 0.339 e. The highest BCUT2D eigenvalue weighted by molar-refractivity contribution is 6.83. The zero-order valence-corrected chi connectivity index (χ0v) is 20.7. The summed E-state index contributed by atoms with van der Waals surface area (Å²) >= 11 is 0. The Bertz CT molecular complexity index is 874. The van der Waals surface area contributed by atoms with Crippen LogP contribution in [0.5, 0.6) is 0 Å². The molecule has 5 heteroatoms. The van der Waals surface area contributed by atoms with Gasteiger partial charge in [-0.15, -0.1) is 0 Å². The summed E-state index contributed by atoms with van der Waals surface area (Å²) in [5, 5.41) is 0. The molecule has 3 rings (SSSR count). The molecule has 1 saturated heterocycles.